The van der Waals surface area contributed by atoms with E-state index in [0.29, 0.717) is 12.1 Å². The minimum Gasteiger partial charge on any atom is -0.396 e. The van der Waals surface area contributed by atoms with E-state index in [1.54, 1.807) is 0 Å². The Kier molecular flexibility index (Phi) is 4.75. The van der Waals surface area contributed by atoms with Crippen LogP contribution in [0.15, 0.2) is 12.5 Å². The Morgan fingerprint density at radius 1 is 1.44 bits per heavy atom. The van der Waals surface area contributed by atoms with Crippen molar-refractivity contribution in [1.29, 1.82) is 0 Å². The van der Waals surface area contributed by atoms with Gasteiger partial charge in [0.1, 0.15) is 0 Å². The Balaban J connectivity index is 2.50. The average Bonchev–Trinajstić information content (AvgIpc) is 2.64. The summed E-state index contributed by atoms with van der Waals surface area (Å²) in [5.41, 5.74) is 0.627. The zero-order chi connectivity index (χ0) is 12.0. The summed E-state index contributed by atoms with van der Waals surface area (Å²) in [6.07, 6.45) is -0.991. The minimum absolute atomic E-state index is 0.114. The molecule has 0 aliphatic rings. The van der Waals surface area contributed by atoms with Gasteiger partial charge < -0.3 is 10.1 Å². The van der Waals surface area contributed by atoms with Gasteiger partial charge in [0.05, 0.1) is 12.9 Å². The van der Waals surface area contributed by atoms with Crippen molar-refractivity contribution in [1.82, 2.24) is 14.9 Å². The minimum atomic E-state index is -4.23. The maximum absolute atomic E-state index is 12.2. The van der Waals surface area contributed by atoms with E-state index in [0.717, 1.165) is 0 Å². The molecule has 4 nitrogen and oxygen atoms in total. The molecule has 16 heavy (non-hydrogen) atoms. The van der Waals surface area contributed by atoms with Crippen LogP contribution in [0.4, 0.5) is 13.2 Å². The van der Waals surface area contributed by atoms with E-state index in [2.05, 4.69) is 9.97 Å². The second-order valence-electron chi connectivity index (χ2n) is 3.48. The summed E-state index contributed by atoms with van der Waals surface area (Å²) in [5.74, 6) is 0. The second-order valence-corrected chi connectivity index (χ2v) is 3.48. The van der Waals surface area contributed by atoms with Crippen molar-refractivity contribution in [2.24, 2.45) is 0 Å². The third-order valence-corrected chi connectivity index (χ3v) is 1.98. The quantitative estimate of drug-likeness (QED) is 0.780. The van der Waals surface area contributed by atoms with Gasteiger partial charge in [0.25, 0.3) is 0 Å². The summed E-state index contributed by atoms with van der Waals surface area (Å²) in [7, 11) is 0. The molecule has 92 valence electrons. The number of rotatable bonds is 6. The largest absolute Gasteiger partial charge is 0.401 e. The molecule has 0 aliphatic heterocycles. The van der Waals surface area contributed by atoms with Crippen molar-refractivity contribution in [3.8, 4) is 0 Å². The van der Waals surface area contributed by atoms with Gasteiger partial charge in [0, 0.05) is 31.6 Å². The van der Waals surface area contributed by atoms with Gasteiger partial charge in [-0.15, -0.1) is 0 Å². The molecule has 0 atom stereocenters. The number of aromatic nitrogens is 2. The van der Waals surface area contributed by atoms with Crippen molar-refractivity contribution >= 4 is 0 Å². The smallest absolute Gasteiger partial charge is 0.396 e. The fourth-order valence-corrected chi connectivity index (χ4v) is 1.37. The van der Waals surface area contributed by atoms with Crippen molar-refractivity contribution < 1.29 is 18.3 Å². The van der Waals surface area contributed by atoms with E-state index in [4.69, 9.17) is 5.11 Å². The number of aromatic amines is 1. The maximum Gasteiger partial charge on any atom is 0.401 e. The molecule has 0 spiro atoms. The maximum atomic E-state index is 12.2. The van der Waals surface area contributed by atoms with Gasteiger partial charge in [-0.25, -0.2) is 4.98 Å². The first kappa shape index (κ1) is 13.0. The molecule has 0 unspecified atom stereocenters. The lowest BCUT2D eigenvalue weighted by atomic mass is 10.3. The van der Waals surface area contributed by atoms with Gasteiger partial charge >= 0.3 is 6.18 Å². The fraction of sp³-hybridized carbons (Fsp3) is 0.667. The number of halogens is 3. The molecular formula is C9H14F3N3O. The van der Waals surface area contributed by atoms with Gasteiger partial charge in [0.15, 0.2) is 0 Å². The molecule has 0 radical (unpaired) electrons. The first-order valence-corrected chi connectivity index (χ1v) is 4.88. The number of alkyl halides is 3. The van der Waals surface area contributed by atoms with Gasteiger partial charge in [-0.2, -0.15) is 13.2 Å². The van der Waals surface area contributed by atoms with Crippen LogP contribution in [0.3, 0.4) is 0 Å². The second kappa shape index (κ2) is 5.86. The fourth-order valence-electron chi connectivity index (χ4n) is 1.37. The van der Waals surface area contributed by atoms with Crippen LogP contribution in [0.25, 0.3) is 0 Å². The number of aliphatic hydroxyl groups excluding tert-OH is 1. The number of nitrogens with zero attached hydrogens (tertiary/aromatic N) is 2. The zero-order valence-corrected chi connectivity index (χ0v) is 8.67. The molecule has 0 saturated carbocycles. The van der Waals surface area contributed by atoms with Gasteiger partial charge in [-0.3, -0.25) is 4.90 Å². The number of hydrogen-bond donors (Lipinski definition) is 2. The van der Waals surface area contributed by atoms with E-state index in [9.17, 15) is 13.2 Å². The predicted molar refractivity (Wildman–Crippen MR) is 51.6 cm³/mol. The lowest BCUT2D eigenvalue weighted by Gasteiger charge is -2.22. The van der Waals surface area contributed by atoms with E-state index >= 15 is 0 Å². The Labute approximate surface area is 91.1 Å². The average molecular weight is 237 g/mol. The highest BCUT2D eigenvalue weighted by molar-refractivity contribution is 4.94. The van der Waals surface area contributed by atoms with Crippen molar-refractivity contribution in [2.75, 3.05) is 19.7 Å². The predicted octanol–water partition coefficient (Wildman–Crippen LogP) is 1.16. The molecule has 0 amide bonds. The van der Waals surface area contributed by atoms with Crippen molar-refractivity contribution in [3.05, 3.63) is 18.2 Å². The van der Waals surface area contributed by atoms with Crippen LogP contribution < -0.4 is 0 Å². The Morgan fingerprint density at radius 3 is 2.69 bits per heavy atom. The molecule has 0 fully saturated rings. The van der Waals surface area contributed by atoms with Crippen LogP contribution in [-0.2, 0) is 6.54 Å². The first-order chi connectivity index (χ1) is 7.51. The number of H-pyrrole nitrogens is 1. The molecule has 0 aromatic carbocycles. The third-order valence-electron chi connectivity index (χ3n) is 1.98. The molecule has 0 aliphatic carbocycles. The first-order valence-electron chi connectivity index (χ1n) is 4.88. The Morgan fingerprint density at radius 2 is 2.19 bits per heavy atom. The highest BCUT2D eigenvalue weighted by Gasteiger charge is 2.30. The normalized spacial score (nSPS) is 12.3. The lowest BCUT2D eigenvalue weighted by molar-refractivity contribution is -0.147. The lowest BCUT2D eigenvalue weighted by Crippen LogP contribution is -2.35. The molecular weight excluding hydrogens is 223 g/mol. The van der Waals surface area contributed by atoms with E-state index in [1.165, 1.54) is 17.4 Å². The van der Waals surface area contributed by atoms with Crippen LogP contribution in [-0.4, -0.2) is 45.8 Å². The number of hydrogen-bond acceptors (Lipinski definition) is 3. The van der Waals surface area contributed by atoms with Gasteiger partial charge in [-0.05, 0) is 6.42 Å². The molecule has 0 saturated heterocycles. The van der Waals surface area contributed by atoms with Crippen LogP contribution in [0.1, 0.15) is 12.1 Å². The van der Waals surface area contributed by atoms with Gasteiger partial charge in [-0.1, -0.05) is 0 Å². The number of nitrogens with one attached hydrogen (secondary N) is 1. The molecule has 1 rings (SSSR count). The molecule has 1 aromatic heterocycles. The highest BCUT2D eigenvalue weighted by atomic mass is 19.4. The standard InChI is InChI=1S/C9H14F3N3O/c10-9(11,12)6-15(2-1-3-16)5-8-4-13-7-14-8/h4,7,16H,1-3,5-6H2,(H,13,14). The number of aliphatic hydroxyl groups is 1. The van der Waals surface area contributed by atoms with E-state index < -0.39 is 12.7 Å². The molecule has 2 N–H and O–H groups in total. The summed E-state index contributed by atoms with van der Waals surface area (Å²) in [6, 6.07) is 0. The Bertz CT molecular complexity index is 287. The molecule has 1 aromatic rings. The molecule has 1 heterocycles. The van der Waals surface area contributed by atoms with Crippen LogP contribution >= 0.6 is 0 Å². The summed E-state index contributed by atoms with van der Waals surface area (Å²) in [6.45, 7) is -0.738. The van der Waals surface area contributed by atoms with Gasteiger partial charge in [0.2, 0.25) is 0 Å². The number of imidazole rings is 1. The third kappa shape index (κ3) is 5.13. The van der Waals surface area contributed by atoms with Crippen molar-refractivity contribution in [3.63, 3.8) is 0 Å². The summed E-state index contributed by atoms with van der Waals surface area (Å²) >= 11 is 0. The highest BCUT2D eigenvalue weighted by Crippen LogP contribution is 2.17. The van der Waals surface area contributed by atoms with E-state index in [-0.39, 0.29) is 19.7 Å². The van der Waals surface area contributed by atoms with Crippen LogP contribution in [0.5, 0.6) is 0 Å². The Hall–Kier alpha value is -1.08. The molecule has 0 bridgehead atoms. The van der Waals surface area contributed by atoms with E-state index in [1.807, 2.05) is 0 Å². The summed E-state index contributed by atoms with van der Waals surface area (Å²) < 4.78 is 36.7. The SMILES string of the molecule is OCCCN(Cc1cnc[nH]1)CC(F)(F)F. The van der Waals surface area contributed by atoms with Crippen LogP contribution in [0.2, 0.25) is 0 Å². The van der Waals surface area contributed by atoms with Crippen molar-refractivity contribution in [2.45, 2.75) is 19.1 Å². The summed E-state index contributed by atoms with van der Waals surface area (Å²) in [5, 5.41) is 8.61. The zero-order valence-electron chi connectivity index (χ0n) is 8.67. The molecule has 7 heteroatoms. The topological polar surface area (TPSA) is 52.1 Å². The monoisotopic (exact) mass is 237 g/mol. The summed E-state index contributed by atoms with van der Waals surface area (Å²) in [4.78, 5) is 7.71. The van der Waals surface area contributed by atoms with Crippen LogP contribution in [0, 0.1) is 0 Å².